The summed E-state index contributed by atoms with van der Waals surface area (Å²) in [5, 5.41) is 0. The number of rotatable bonds is 7. The number of nitrogens with zero attached hydrogens (tertiary/aromatic N) is 1. The summed E-state index contributed by atoms with van der Waals surface area (Å²) < 4.78 is 24.6. The molecule has 5 nitrogen and oxygen atoms in total. The molecule has 1 saturated heterocycles. The second-order valence-corrected chi connectivity index (χ2v) is 8.30. The van der Waals surface area contributed by atoms with Crippen molar-refractivity contribution in [2.24, 2.45) is 11.8 Å². The Bertz CT molecular complexity index is 702. The lowest BCUT2D eigenvalue weighted by atomic mass is 9.79. The number of halogens is 1. The molecular weight excluding hydrogens is 373 g/mol. The zero-order valence-corrected chi connectivity index (χ0v) is 17.4. The van der Waals surface area contributed by atoms with Crippen LogP contribution in [0.5, 0.6) is 5.75 Å². The summed E-state index contributed by atoms with van der Waals surface area (Å²) in [5.74, 6) is -0.0638. The summed E-state index contributed by atoms with van der Waals surface area (Å²) in [6.45, 7) is 2.48. The average Bonchev–Trinajstić information content (AvgIpc) is 3.17. The van der Waals surface area contributed by atoms with Gasteiger partial charge in [-0.1, -0.05) is 38.3 Å². The van der Waals surface area contributed by atoms with E-state index in [9.17, 15) is 14.0 Å². The van der Waals surface area contributed by atoms with Crippen LogP contribution < -0.4 is 4.74 Å². The first-order valence-electron chi connectivity index (χ1n) is 10.8. The van der Waals surface area contributed by atoms with E-state index >= 15 is 0 Å². The molecule has 2 aliphatic rings. The lowest BCUT2D eigenvalue weighted by Crippen LogP contribution is -2.45. The number of carbonyl (C=O) groups is 2. The molecule has 0 bridgehead atoms. The number of ether oxygens (including phenoxy) is 2. The Kier molecular flexibility index (Phi) is 7.51. The highest BCUT2D eigenvalue weighted by atomic mass is 19.1. The van der Waals surface area contributed by atoms with Gasteiger partial charge >= 0.3 is 5.97 Å². The Labute approximate surface area is 172 Å². The Morgan fingerprint density at radius 1 is 1.17 bits per heavy atom. The second-order valence-electron chi connectivity index (χ2n) is 8.30. The van der Waals surface area contributed by atoms with Gasteiger partial charge in [-0.15, -0.1) is 0 Å². The van der Waals surface area contributed by atoms with E-state index in [1.807, 2.05) is 0 Å². The summed E-state index contributed by atoms with van der Waals surface area (Å²) in [4.78, 5) is 27.1. The summed E-state index contributed by atoms with van der Waals surface area (Å²) in [7, 11) is 1.33. The van der Waals surface area contributed by atoms with Crippen molar-refractivity contribution < 1.29 is 23.5 Å². The van der Waals surface area contributed by atoms with E-state index in [1.165, 1.54) is 32.4 Å². The van der Waals surface area contributed by atoms with Crippen LogP contribution in [0.1, 0.15) is 58.3 Å². The molecule has 3 rings (SSSR count). The Balaban J connectivity index is 1.63. The van der Waals surface area contributed by atoms with Crippen LogP contribution in [0.25, 0.3) is 0 Å². The minimum absolute atomic E-state index is 0.00831. The summed E-state index contributed by atoms with van der Waals surface area (Å²) in [6.07, 6.45) is 7.47. The summed E-state index contributed by atoms with van der Waals surface area (Å²) in [5.41, 5.74) is 0. The molecule has 1 aromatic rings. The summed E-state index contributed by atoms with van der Waals surface area (Å²) in [6, 6.07) is 5.53. The largest absolute Gasteiger partial charge is 0.485 e. The number of hydrogen-bond acceptors (Lipinski definition) is 4. The first-order chi connectivity index (χ1) is 14.0. The SMILES string of the molecule is CCCCC1CCC(C(=O)N2CC(Oc3ccccc3F)CC2C(=O)OC)CC1. The Hall–Kier alpha value is -2.11. The van der Waals surface area contributed by atoms with Crippen LogP contribution >= 0.6 is 0 Å². The fraction of sp³-hybridized carbons (Fsp3) is 0.652. The zero-order chi connectivity index (χ0) is 20.8. The van der Waals surface area contributed by atoms with Crippen LogP contribution in [-0.2, 0) is 14.3 Å². The third-order valence-electron chi connectivity index (χ3n) is 6.31. The van der Waals surface area contributed by atoms with E-state index in [0.717, 1.165) is 25.7 Å². The molecule has 0 aromatic heterocycles. The van der Waals surface area contributed by atoms with E-state index < -0.39 is 23.9 Å². The topological polar surface area (TPSA) is 55.8 Å². The van der Waals surface area contributed by atoms with Crippen LogP contribution in [0.3, 0.4) is 0 Å². The number of unbranched alkanes of at least 4 members (excludes halogenated alkanes) is 1. The maximum absolute atomic E-state index is 13.9. The molecular formula is C23H32FNO4. The lowest BCUT2D eigenvalue weighted by Gasteiger charge is -2.32. The van der Waals surface area contributed by atoms with Crippen molar-refractivity contribution in [3.8, 4) is 5.75 Å². The fourth-order valence-corrected chi connectivity index (χ4v) is 4.63. The molecule has 1 amide bonds. The minimum atomic E-state index is -0.665. The number of benzene rings is 1. The van der Waals surface area contributed by atoms with Gasteiger partial charge in [0, 0.05) is 12.3 Å². The molecule has 2 fully saturated rings. The highest BCUT2D eigenvalue weighted by molar-refractivity contribution is 5.86. The van der Waals surface area contributed by atoms with Crippen molar-refractivity contribution in [2.45, 2.75) is 70.4 Å². The molecule has 1 saturated carbocycles. The number of likely N-dealkylation sites (tertiary alicyclic amines) is 1. The molecule has 1 heterocycles. The van der Waals surface area contributed by atoms with Gasteiger partial charge in [-0.3, -0.25) is 4.79 Å². The van der Waals surface area contributed by atoms with Crippen molar-refractivity contribution in [2.75, 3.05) is 13.7 Å². The van der Waals surface area contributed by atoms with Crippen molar-refractivity contribution in [1.82, 2.24) is 4.90 Å². The van der Waals surface area contributed by atoms with Crippen LogP contribution in [0.15, 0.2) is 24.3 Å². The van der Waals surface area contributed by atoms with E-state index in [4.69, 9.17) is 9.47 Å². The third-order valence-corrected chi connectivity index (χ3v) is 6.31. The van der Waals surface area contributed by atoms with Gasteiger partial charge in [0.2, 0.25) is 5.91 Å². The maximum atomic E-state index is 13.9. The summed E-state index contributed by atoms with van der Waals surface area (Å²) >= 11 is 0. The molecule has 160 valence electrons. The third kappa shape index (κ3) is 5.28. The highest BCUT2D eigenvalue weighted by Crippen LogP contribution is 2.35. The van der Waals surface area contributed by atoms with Gasteiger partial charge in [0.05, 0.1) is 13.7 Å². The van der Waals surface area contributed by atoms with Gasteiger partial charge in [0.15, 0.2) is 11.6 Å². The molecule has 0 spiro atoms. The molecule has 29 heavy (non-hydrogen) atoms. The van der Waals surface area contributed by atoms with Crippen molar-refractivity contribution in [3.63, 3.8) is 0 Å². The first-order valence-corrected chi connectivity index (χ1v) is 10.8. The lowest BCUT2D eigenvalue weighted by molar-refractivity contribution is -0.152. The highest BCUT2D eigenvalue weighted by Gasteiger charge is 2.44. The number of para-hydroxylation sites is 1. The monoisotopic (exact) mass is 405 g/mol. The number of esters is 1. The minimum Gasteiger partial charge on any atom is -0.485 e. The quantitative estimate of drug-likeness (QED) is 0.633. The molecule has 2 unspecified atom stereocenters. The van der Waals surface area contributed by atoms with Gasteiger partial charge in [-0.25, -0.2) is 9.18 Å². The van der Waals surface area contributed by atoms with E-state index in [-0.39, 0.29) is 24.1 Å². The predicted molar refractivity (Wildman–Crippen MR) is 108 cm³/mol. The van der Waals surface area contributed by atoms with E-state index in [0.29, 0.717) is 12.3 Å². The molecule has 1 aliphatic heterocycles. The Morgan fingerprint density at radius 2 is 1.90 bits per heavy atom. The van der Waals surface area contributed by atoms with Gasteiger partial charge < -0.3 is 14.4 Å². The van der Waals surface area contributed by atoms with Gasteiger partial charge in [0.25, 0.3) is 0 Å². The van der Waals surface area contributed by atoms with Gasteiger partial charge in [-0.2, -0.15) is 0 Å². The normalized spacial score (nSPS) is 26.9. The number of carbonyl (C=O) groups excluding carboxylic acids is 2. The van der Waals surface area contributed by atoms with Crippen LogP contribution in [-0.4, -0.2) is 42.6 Å². The van der Waals surface area contributed by atoms with Crippen molar-refractivity contribution in [1.29, 1.82) is 0 Å². The van der Waals surface area contributed by atoms with E-state index in [2.05, 4.69) is 6.92 Å². The van der Waals surface area contributed by atoms with E-state index in [1.54, 1.807) is 23.1 Å². The average molecular weight is 406 g/mol. The zero-order valence-electron chi connectivity index (χ0n) is 17.4. The first kappa shape index (κ1) is 21.6. The van der Waals surface area contributed by atoms with Crippen LogP contribution in [0.4, 0.5) is 4.39 Å². The molecule has 2 atom stereocenters. The number of amides is 1. The predicted octanol–water partition coefficient (Wildman–Crippen LogP) is 4.34. The van der Waals surface area contributed by atoms with Crippen LogP contribution in [0.2, 0.25) is 0 Å². The van der Waals surface area contributed by atoms with Crippen molar-refractivity contribution >= 4 is 11.9 Å². The molecule has 1 aromatic carbocycles. The second kappa shape index (κ2) is 10.1. The molecule has 6 heteroatoms. The van der Waals surface area contributed by atoms with Gasteiger partial charge in [0.1, 0.15) is 12.1 Å². The molecule has 0 radical (unpaired) electrons. The van der Waals surface area contributed by atoms with Crippen molar-refractivity contribution in [3.05, 3.63) is 30.1 Å². The molecule has 0 N–H and O–H groups in total. The Morgan fingerprint density at radius 3 is 2.55 bits per heavy atom. The molecule has 1 aliphatic carbocycles. The fourth-order valence-electron chi connectivity index (χ4n) is 4.63. The standard InChI is InChI=1S/C23H32FNO4/c1-3-4-7-16-10-12-17(13-11-16)22(26)25-15-18(14-20(25)23(27)28-2)29-21-9-6-5-8-19(21)24/h5-6,8-9,16-18,20H,3-4,7,10-15H2,1-2H3. The number of hydrogen-bond donors (Lipinski definition) is 0. The number of methoxy groups -OCH3 is 1. The smallest absolute Gasteiger partial charge is 0.328 e. The van der Waals surface area contributed by atoms with Crippen LogP contribution in [0, 0.1) is 17.7 Å². The van der Waals surface area contributed by atoms with Gasteiger partial charge in [-0.05, 0) is 43.7 Å². The maximum Gasteiger partial charge on any atom is 0.328 e.